The first-order valence-corrected chi connectivity index (χ1v) is 8.39. The van der Waals surface area contributed by atoms with Crippen molar-refractivity contribution in [2.75, 3.05) is 41.0 Å². The van der Waals surface area contributed by atoms with Crippen LogP contribution in [0.25, 0.3) is 0 Å². The van der Waals surface area contributed by atoms with Crippen molar-refractivity contribution in [3.63, 3.8) is 0 Å². The summed E-state index contributed by atoms with van der Waals surface area (Å²) in [6.45, 7) is 3.20. The highest BCUT2D eigenvalue weighted by atomic mass is 19.1. The zero-order chi connectivity index (χ0) is 17.4. The molecule has 1 aliphatic rings. The number of hydrogen-bond donors (Lipinski definition) is 1. The molecule has 1 aromatic rings. The highest BCUT2D eigenvalue weighted by Crippen LogP contribution is 2.28. The quantitative estimate of drug-likeness (QED) is 0.427. The summed E-state index contributed by atoms with van der Waals surface area (Å²) in [5.41, 5.74) is 1.55. The maximum absolute atomic E-state index is 13.6. The first-order valence-electron chi connectivity index (χ1n) is 8.39. The van der Waals surface area contributed by atoms with Crippen LogP contribution in [0.3, 0.4) is 0 Å². The molecule has 0 radical (unpaired) electrons. The number of nitrogens with zero attached hydrogens (tertiary/aromatic N) is 2. The molecule has 1 N–H and O–H groups in total. The molecule has 1 aliphatic carbocycles. The van der Waals surface area contributed by atoms with E-state index in [4.69, 9.17) is 9.47 Å². The van der Waals surface area contributed by atoms with Crippen LogP contribution in [-0.2, 0) is 22.6 Å². The van der Waals surface area contributed by atoms with Crippen molar-refractivity contribution in [2.45, 2.75) is 26.0 Å². The Morgan fingerprint density at radius 3 is 2.88 bits per heavy atom. The summed E-state index contributed by atoms with van der Waals surface area (Å²) in [6.07, 6.45) is 2.61. The lowest BCUT2D eigenvalue weighted by molar-refractivity contribution is 0.115. The number of hydrogen-bond acceptors (Lipinski definition) is 3. The van der Waals surface area contributed by atoms with Crippen molar-refractivity contribution in [1.82, 2.24) is 10.2 Å². The second kappa shape index (κ2) is 9.59. The molecule has 5 nitrogen and oxygen atoms in total. The van der Waals surface area contributed by atoms with Gasteiger partial charge in [0.2, 0.25) is 0 Å². The molecule has 0 aliphatic heterocycles. The number of rotatable bonds is 9. The molecule has 0 amide bonds. The summed E-state index contributed by atoms with van der Waals surface area (Å²) in [4.78, 5) is 6.32. The molecule has 1 saturated carbocycles. The molecule has 0 atom stereocenters. The van der Waals surface area contributed by atoms with E-state index < -0.39 is 0 Å². The average molecular weight is 337 g/mol. The lowest BCUT2D eigenvalue weighted by Gasteiger charge is -2.22. The first kappa shape index (κ1) is 18.7. The second-order valence-corrected chi connectivity index (χ2v) is 6.20. The number of methoxy groups -OCH3 is 1. The Morgan fingerprint density at radius 1 is 1.42 bits per heavy atom. The van der Waals surface area contributed by atoms with Crippen LogP contribution in [0.5, 0.6) is 0 Å². The first-order chi connectivity index (χ1) is 11.6. The Kier molecular flexibility index (Phi) is 7.46. The summed E-state index contributed by atoms with van der Waals surface area (Å²) in [7, 11) is 5.30. The van der Waals surface area contributed by atoms with E-state index in [0.29, 0.717) is 18.7 Å². The van der Waals surface area contributed by atoms with Gasteiger partial charge in [0.1, 0.15) is 5.82 Å². The van der Waals surface area contributed by atoms with Crippen LogP contribution < -0.4 is 5.32 Å². The van der Waals surface area contributed by atoms with Crippen LogP contribution in [0.4, 0.5) is 4.39 Å². The summed E-state index contributed by atoms with van der Waals surface area (Å²) >= 11 is 0. The lowest BCUT2D eigenvalue weighted by Crippen LogP contribution is -2.40. The van der Waals surface area contributed by atoms with Gasteiger partial charge in [-0.15, -0.1) is 0 Å². The fraction of sp³-hybridized carbons (Fsp3) is 0.611. The Hall–Kier alpha value is -1.66. The SMILES string of the molecule is CN=C(NCc1ccc(F)c(COC)c1)N(C)CCOCC1CC1. The van der Waals surface area contributed by atoms with Crippen molar-refractivity contribution < 1.29 is 13.9 Å². The third-order valence-corrected chi connectivity index (χ3v) is 4.06. The molecule has 1 fully saturated rings. The van der Waals surface area contributed by atoms with Gasteiger partial charge in [-0.25, -0.2) is 4.39 Å². The van der Waals surface area contributed by atoms with E-state index >= 15 is 0 Å². The molecular weight excluding hydrogens is 309 g/mol. The van der Waals surface area contributed by atoms with Crippen LogP contribution >= 0.6 is 0 Å². The largest absolute Gasteiger partial charge is 0.380 e. The molecule has 1 aromatic carbocycles. The van der Waals surface area contributed by atoms with Crippen LogP contribution in [0.2, 0.25) is 0 Å². The van der Waals surface area contributed by atoms with Gasteiger partial charge < -0.3 is 19.7 Å². The molecule has 0 spiro atoms. The van der Waals surface area contributed by atoms with E-state index in [-0.39, 0.29) is 12.4 Å². The van der Waals surface area contributed by atoms with Crippen LogP contribution in [-0.4, -0.2) is 51.8 Å². The van der Waals surface area contributed by atoms with E-state index in [9.17, 15) is 4.39 Å². The van der Waals surface area contributed by atoms with Gasteiger partial charge in [0.25, 0.3) is 0 Å². The highest BCUT2D eigenvalue weighted by molar-refractivity contribution is 5.79. The lowest BCUT2D eigenvalue weighted by atomic mass is 10.1. The maximum Gasteiger partial charge on any atom is 0.193 e. The smallest absolute Gasteiger partial charge is 0.193 e. The third kappa shape index (κ3) is 6.09. The topological polar surface area (TPSA) is 46.1 Å². The molecule has 24 heavy (non-hydrogen) atoms. The number of halogens is 1. The van der Waals surface area contributed by atoms with Gasteiger partial charge in [-0.1, -0.05) is 6.07 Å². The summed E-state index contributed by atoms with van der Waals surface area (Å²) in [6, 6.07) is 5.06. The highest BCUT2D eigenvalue weighted by Gasteiger charge is 2.21. The average Bonchev–Trinajstić information content (AvgIpc) is 3.39. The third-order valence-electron chi connectivity index (χ3n) is 4.06. The fourth-order valence-corrected chi connectivity index (χ4v) is 2.41. The van der Waals surface area contributed by atoms with Crippen LogP contribution in [0.15, 0.2) is 23.2 Å². The minimum absolute atomic E-state index is 0.241. The van der Waals surface area contributed by atoms with Gasteiger partial charge in [0.15, 0.2) is 5.96 Å². The molecule has 0 heterocycles. The van der Waals surface area contributed by atoms with E-state index in [0.717, 1.165) is 30.6 Å². The predicted octanol–water partition coefficient (Wildman–Crippen LogP) is 2.41. The van der Waals surface area contributed by atoms with Crippen molar-refractivity contribution in [3.05, 3.63) is 35.1 Å². The van der Waals surface area contributed by atoms with E-state index in [1.165, 1.54) is 18.9 Å². The van der Waals surface area contributed by atoms with Gasteiger partial charge in [0.05, 0.1) is 13.2 Å². The van der Waals surface area contributed by atoms with Gasteiger partial charge in [-0.2, -0.15) is 0 Å². The fourth-order valence-electron chi connectivity index (χ4n) is 2.41. The van der Waals surface area contributed by atoms with Gasteiger partial charge in [0, 0.05) is 46.5 Å². The molecule has 0 bridgehead atoms. The summed E-state index contributed by atoms with van der Waals surface area (Å²) in [5.74, 6) is 1.34. The molecule has 0 unspecified atom stereocenters. The Morgan fingerprint density at radius 2 is 2.21 bits per heavy atom. The number of likely N-dealkylation sites (N-methyl/N-ethyl adjacent to an activating group) is 1. The molecular formula is C18H28FN3O2. The van der Waals surface area contributed by atoms with E-state index in [1.807, 2.05) is 18.0 Å². The van der Waals surface area contributed by atoms with Gasteiger partial charge in [-0.05, 0) is 36.5 Å². The predicted molar refractivity (Wildman–Crippen MR) is 93.5 cm³/mol. The minimum Gasteiger partial charge on any atom is -0.380 e. The monoisotopic (exact) mass is 337 g/mol. The number of ether oxygens (including phenoxy) is 2. The van der Waals surface area contributed by atoms with Gasteiger partial charge in [-0.3, -0.25) is 4.99 Å². The Labute approximate surface area is 143 Å². The maximum atomic E-state index is 13.6. The number of guanidine groups is 1. The number of benzene rings is 1. The zero-order valence-electron chi connectivity index (χ0n) is 14.8. The number of aliphatic imine (C=N–C) groups is 1. The van der Waals surface area contributed by atoms with Crippen LogP contribution in [0.1, 0.15) is 24.0 Å². The zero-order valence-corrected chi connectivity index (χ0v) is 14.8. The van der Waals surface area contributed by atoms with Crippen molar-refractivity contribution >= 4 is 5.96 Å². The molecule has 0 saturated heterocycles. The minimum atomic E-state index is -0.241. The van der Waals surface area contributed by atoms with Crippen molar-refractivity contribution in [2.24, 2.45) is 10.9 Å². The molecule has 134 valence electrons. The number of nitrogens with one attached hydrogen (secondary N) is 1. The van der Waals surface area contributed by atoms with Crippen molar-refractivity contribution in [3.8, 4) is 0 Å². The Balaban J connectivity index is 1.78. The molecule has 0 aromatic heterocycles. The standard InChI is InChI=1S/C18H28FN3O2/c1-20-18(22(2)8-9-24-12-14-4-5-14)21-11-15-6-7-17(19)16(10-15)13-23-3/h6-7,10,14H,4-5,8-9,11-13H2,1-3H3,(H,20,21). The normalized spacial score (nSPS) is 14.8. The second-order valence-electron chi connectivity index (χ2n) is 6.20. The van der Waals surface area contributed by atoms with Crippen LogP contribution in [0, 0.1) is 11.7 Å². The summed E-state index contributed by atoms with van der Waals surface area (Å²) < 4.78 is 24.3. The summed E-state index contributed by atoms with van der Waals surface area (Å²) in [5, 5.41) is 3.29. The van der Waals surface area contributed by atoms with Gasteiger partial charge >= 0.3 is 0 Å². The molecule has 2 rings (SSSR count). The van der Waals surface area contributed by atoms with Crippen molar-refractivity contribution in [1.29, 1.82) is 0 Å². The van der Waals surface area contributed by atoms with E-state index in [1.54, 1.807) is 20.2 Å². The Bertz CT molecular complexity index is 547. The molecule has 6 heteroatoms. The van der Waals surface area contributed by atoms with E-state index in [2.05, 4.69) is 10.3 Å².